The van der Waals surface area contributed by atoms with Crippen LogP contribution in [0.5, 0.6) is 0 Å². The first-order valence-corrected chi connectivity index (χ1v) is 8.93. The molecule has 1 amide bonds. The van der Waals surface area contributed by atoms with Crippen LogP contribution < -0.4 is 0 Å². The number of carbonyl (C=O) groups is 1. The molecule has 0 bridgehead atoms. The molecule has 1 fully saturated rings. The Balaban J connectivity index is 1.74. The molecule has 0 saturated carbocycles. The maximum absolute atomic E-state index is 12.5. The third-order valence-corrected chi connectivity index (χ3v) is 4.73. The van der Waals surface area contributed by atoms with Crippen LogP contribution in [0.4, 0.5) is 0 Å². The highest BCUT2D eigenvalue weighted by atomic mass is 79.9. The molecule has 1 aromatic carbocycles. The van der Waals surface area contributed by atoms with Gasteiger partial charge in [-0.3, -0.25) is 4.79 Å². The molecular weight excluding hydrogens is 356 g/mol. The summed E-state index contributed by atoms with van der Waals surface area (Å²) in [4.78, 5) is 19.0. The lowest BCUT2D eigenvalue weighted by Crippen LogP contribution is -2.33. The number of benzene rings is 1. The zero-order valence-corrected chi connectivity index (χ0v) is 14.9. The van der Waals surface area contributed by atoms with E-state index in [-0.39, 0.29) is 5.91 Å². The zero-order valence-electron chi connectivity index (χ0n) is 13.3. The molecule has 1 aliphatic heterocycles. The van der Waals surface area contributed by atoms with Gasteiger partial charge < -0.3 is 9.32 Å². The average molecular weight is 377 g/mol. The van der Waals surface area contributed by atoms with Crippen molar-refractivity contribution in [1.82, 2.24) is 9.88 Å². The normalized spacial score (nSPS) is 15.5. The van der Waals surface area contributed by atoms with Gasteiger partial charge in [0.15, 0.2) is 0 Å². The molecule has 1 aliphatic rings. The van der Waals surface area contributed by atoms with E-state index in [1.165, 1.54) is 12.8 Å². The van der Waals surface area contributed by atoms with Crippen molar-refractivity contribution in [3.63, 3.8) is 0 Å². The quantitative estimate of drug-likeness (QED) is 0.799. The second kappa shape index (κ2) is 7.30. The lowest BCUT2D eigenvalue weighted by Gasteiger charge is -2.19. The highest BCUT2D eigenvalue weighted by Gasteiger charge is 2.20. The average Bonchev–Trinajstić information content (AvgIpc) is 2.76. The van der Waals surface area contributed by atoms with Gasteiger partial charge in [0.25, 0.3) is 0 Å². The monoisotopic (exact) mass is 376 g/mol. The molecule has 23 heavy (non-hydrogen) atoms. The standard InChI is InChI=1S/C18H21BrN2O2/c1-13-16(12-17(22)21-9-4-2-3-5-10-21)20-18(23-13)14-7-6-8-15(19)11-14/h6-8,11H,2-5,9-10,12H2,1H3. The molecule has 0 radical (unpaired) electrons. The van der Waals surface area contributed by atoms with E-state index in [2.05, 4.69) is 20.9 Å². The molecule has 1 aromatic heterocycles. The number of likely N-dealkylation sites (tertiary alicyclic amines) is 1. The summed E-state index contributed by atoms with van der Waals surface area (Å²) in [5, 5.41) is 0. The summed E-state index contributed by atoms with van der Waals surface area (Å²) in [7, 11) is 0. The maximum Gasteiger partial charge on any atom is 0.228 e. The van der Waals surface area contributed by atoms with Crippen molar-refractivity contribution in [2.75, 3.05) is 13.1 Å². The minimum absolute atomic E-state index is 0.157. The second-order valence-corrected chi connectivity index (χ2v) is 6.92. The lowest BCUT2D eigenvalue weighted by molar-refractivity contribution is -0.130. The summed E-state index contributed by atoms with van der Waals surface area (Å²) in [6.45, 7) is 3.61. The van der Waals surface area contributed by atoms with Crippen molar-refractivity contribution in [3.8, 4) is 11.5 Å². The fourth-order valence-electron chi connectivity index (χ4n) is 2.91. The summed E-state index contributed by atoms with van der Waals surface area (Å²) in [5.41, 5.74) is 1.66. The number of hydrogen-bond acceptors (Lipinski definition) is 3. The van der Waals surface area contributed by atoms with Gasteiger partial charge in [0, 0.05) is 23.1 Å². The van der Waals surface area contributed by atoms with E-state index in [0.717, 1.165) is 47.4 Å². The van der Waals surface area contributed by atoms with E-state index in [1.54, 1.807) is 0 Å². The summed E-state index contributed by atoms with van der Waals surface area (Å²) < 4.78 is 6.75. The molecule has 5 heteroatoms. The van der Waals surface area contributed by atoms with E-state index in [1.807, 2.05) is 36.1 Å². The first-order chi connectivity index (χ1) is 11.1. The summed E-state index contributed by atoms with van der Waals surface area (Å²) >= 11 is 3.45. The van der Waals surface area contributed by atoms with E-state index in [9.17, 15) is 4.79 Å². The van der Waals surface area contributed by atoms with Crippen molar-refractivity contribution < 1.29 is 9.21 Å². The zero-order chi connectivity index (χ0) is 16.2. The van der Waals surface area contributed by atoms with E-state index < -0.39 is 0 Å². The van der Waals surface area contributed by atoms with E-state index in [4.69, 9.17) is 4.42 Å². The van der Waals surface area contributed by atoms with Crippen LogP contribution in [0, 0.1) is 6.92 Å². The first kappa shape index (κ1) is 16.2. The summed E-state index contributed by atoms with van der Waals surface area (Å²) in [6.07, 6.45) is 4.97. The SMILES string of the molecule is Cc1oc(-c2cccc(Br)c2)nc1CC(=O)N1CCCCCC1. The number of hydrogen-bond donors (Lipinski definition) is 0. The number of aromatic nitrogens is 1. The Morgan fingerprint density at radius 1 is 1.26 bits per heavy atom. The van der Waals surface area contributed by atoms with Gasteiger partial charge in [-0.15, -0.1) is 0 Å². The van der Waals surface area contributed by atoms with Crippen molar-refractivity contribution in [2.24, 2.45) is 0 Å². The predicted molar refractivity (Wildman–Crippen MR) is 93.1 cm³/mol. The maximum atomic E-state index is 12.5. The molecule has 0 spiro atoms. The van der Waals surface area contributed by atoms with Gasteiger partial charge in [-0.25, -0.2) is 4.98 Å². The summed E-state index contributed by atoms with van der Waals surface area (Å²) in [5.74, 6) is 1.45. The number of nitrogens with zero attached hydrogens (tertiary/aromatic N) is 2. The van der Waals surface area contributed by atoms with Crippen molar-refractivity contribution in [3.05, 3.63) is 40.2 Å². The minimum Gasteiger partial charge on any atom is -0.441 e. The largest absolute Gasteiger partial charge is 0.441 e. The Hall–Kier alpha value is -1.62. The highest BCUT2D eigenvalue weighted by Crippen LogP contribution is 2.25. The van der Waals surface area contributed by atoms with Crippen LogP contribution in [0.1, 0.15) is 37.1 Å². The number of rotatable bonds is 3. The molecule has 122 valence electrons. The van der Waals surface area contributed by atoms with E-state index in [0.29, 0.717) is 12.3 Å². The Kier molecular flexibility index (Phi) is 5.16. The van der Waals surface area contributed by atoms with Crippen LogP contribution in [0.25, 0.3) is 11.5 Å². The van der Waals surface area contributed by atoms with E-state index >= 15 is 0 Å². The molecule has 1 saturated heterocycles. The second-order valence-electron chi connectivity index (χ2n) is 6.00. The molecule has 2 heterocycles. The number of aryl methyl sites for hydroxylation is 1. The molecule has 0 atom stereocenters. The molecular formula is C18H21BrN2O2. The number of carbonyl (C=O) groups excluding carboxylic acids is 1. The van der Waals surface area contributed by atoms with Crippen LogP contribution in [0.2, 0.25) is 0 Å². The molecule has 2 aromatic rings. The third-order valence-electron chi connectivity index (χ3n) is 4.24. The molecule has 3 rings (SSSR count). The first-order valence-electron chi connectivity index (χ1n) is 8.13. The number of amides is 1. The third kappa shape index (κ3) is 4.02. The molecule has 0 unspecified atom stereocenters. The Morgan fingerprint density at radius 3 is 2.70 bits per heavy atom. The minimum atomic E-state index is 0.157. The molecule has 0 aliphatic carbocycles. The van der Waals surface area contributed by atoms with Crippen molar-refractivity contribution in [2.45, 2.75) is 39.0 Å². The predicted octanol–water partition coefficient (Wildman–Crippen LogP) is 4.36. The van der Waals surface area contributed by atoms with Crippen LogP contribution in [0.3, 0.4) is 0 Å². The van der Waals surface area contributed by atoms with Crippen LogP contribution >= 0.6 is 15.9 Å². The fraction of sp³-hybridized carbons (Fsp3) is 0.444. The van der Waals surface area contributed by atoms with Crippen LogP contribution in [0.15, 0.2) is 33.2 Å². The van der Waals surface area contributed by atoms with Gasteiger partial charge in [0.2, 0.25) is 11.8 Å². The smallest absolute Gasteiger partial charge is 0.228 e. The summed E-state index contributed by atoms with van der Waals surface area (Å²) in [6, 6.07) is 7.83. The van der Waals surface area contributed by atoms with Gasteiger partial charge in [0.05, 0.1) is 12.1 Å². The highest BCUT2D eigenvalue weighted by molar-refractivity contribution is 9.10. The Morgan fingerprint density at radius 2 is 2.00 bits per heavy atom. The number of oxazole rings is 1. The van der Waals surface area contributed by atoms with Crippen LogP contribution in [-0.2, 0) is 11.2 Å². The van der Waals surface area contributed by atoms with Crippen LogP contribution in [-0.4, -0.2) is 28.9 Å². The van der Waals surface area contributed by atoms with Gasteiger partial charge in [-0.2, -0.15) is 0 Å². The topological polar surface area (TPSA) is 46.3 Å². The van der Waals surface area contributed by atoms with Gasteiger partial charge in [-0.05, 0) is 38.0 Å². The Labute approximate surface area is 145 Å². The fourth-order valence-corrected chi connectivity index (χ4v) is 3.31. The lowest BCUT2D eigenvalue weighted by atomic mass is 10.2. The van der Waals surface area contributed by atoms with Gasteiger partial charge >= 0.3 is 0 Å². The van der Waals surface area contributed by atoms with Crippen molar-refractivity contribution in [1.29, 1.82) is 0 Å². The van der Waals surface area contributed by atoms with Crippen molar-refractivity contribution >= 4 is 21.8 Å². The van der Waals surface area contributed by atoms with Gasteiger partial charge in [0.1, 0.15) is 5.76 Å². The molecule has 0 N–H and O–H groups in total. The Bertz CT molecular complexity index is 688. The number of halogens is 1. The van der Waals surface area contributed by atoms with Gasteiger partial charge in [-0.1, -0.05) is 34.8 Å². The molecule has 4 nitrogen and oxygen atoms in total.